The molecule has 0 fully saturated rings. The lowest BCUT2D eigenvalue weighted by atomic mass is 10.2. The van der Waals surface area contributed by atoms with Gasteiger partial charge in [-0.3, -0.25) is 0 Å². The normalized spacial score (nSPS) is 11.7. The largest absolute Gasteiger partial charge is 0.0995 e. The van der Waals surface area contributed by atoms with E-state index in [1.165, 1.54) is 33.4 Å². The molecular weight excluding hydrogens is 633 g/mol. The van der Waals surface area contributed by atoms with Crippen molar-refractivity contribution in [2.75, 3.05) is 0 Å². The van der Waals surface area contributed by atoms with Gasteiger partial charge in [0.25, 0.3) is 0 Å². The van der Waals surface area contributed by atoms with Crippen LogP contribution < -0.4 is 10.4 Å². The third-order valence-electron chi connectivity index (χ3n) is 10.4. The van der Waals surface area contributed by atoms with Gasteiger partial charge in [-0.25, -0.2) is 0 Å². The Bertz CT molecular complexity index is 1660. The Balaban J connectivity index is 1.37. The zero-order valence-corrected chi connectivity index (χ0v) is 30.9. The summed E-state index contributed by atoms with van der Waals surface area (Å²) in [6.07, 6.45) is 0. The summed E-state index contributed by atoms with van der Waals surface area (Å²) in [7, 11) is -4.37. The monoisotopic (exact) mass is 678 g/mol. The lowest BCUT2D eigenvalue weighted by Gasteiger charge is -2.36. The van der Waals surface area contributed by atoms with Crippen molar-refractivity contribution in [1.82, 2.24) is 0 Å². The number of hydrogen-bond donors (Lipinski definition) is 0. The molecule has 0 saturated carbocycles. The van der Waals surface area contributed by atoms with Crippen LogP contribution in [-0.4, -0.2) is 16.1 Å². The fraction of sp³-hybridized carbons (Fsp3) is 0.125. The van der Waals surface area contributed by atoms with Gasteiger partial charge in [0.05, 0.1) is 16.1 Å². The molecule has 0 bridgehead atoms. The fourth-order valence-electron chi connectivity index (χ4n) is 8.08. The van der Waals surface area contributed by atoms with Gasteiger partial charge in [-0.1, -0.05) is 250 Å². The van der Waals surface area contributed by atoms with Crippen LogP contribution in [0.1, 0.15) is 33.4 Å². The van der Waals surface area contributed by atoms with E-state index in [-0.39, 0.29) is 0 Å². The molecule has 246 valence electrons. The van der Waals surface area contributed by atoms with Gasteiger partial charge in [-0.2, -0.15) is 0 Å². The lowest BCUT2D eigenvalue weighted by molar-refractivity contribution is 1.14. The van der Waals surface area contributed by atoms with E-state index in [1.807, 2.05) is 0 Å². The van der Waals surface area contributed by atoms with Gasteiger partial charge >= 0.3 is 0 Å². The third kappa shape index (κ3) is 8.39. The number of benzene rings is 7. The highest BCUT2D eigenvalue weighted by atomic mass is 28.3. The summed E-state index contributed by atoms with van der Waals surface area (Å²) in [4.78, 5) is 0. The minimum Gasteiger partial charge on any atom is -0.0631 e. The van der Waals surface area contributed by atoms with E-state index < -0.39 is 16.1 Å². The van der Waals surface area contributed by atoms with Crippen molar-refractivity contribution in [3.63, 3.8) is 0 Å². The molecule has 0 nitrogen and oxygen atoms in total. The molecular formula is C48H46Si2. The Morgan fingerprint density at radius 3 is 0.520 bits per heavy atom. The second-order valence-corrected chi connectivity index (χ2v) is 22.5. The molecule has 0 atom stereocenters. The molecule has 0 unspecified atom stereocenters. The molecule has 0 saturated heterocycles. The maximum atomic E-state index is 2.57. The third-order valence-corrected chi connectivity index (χ3v) is 20.0. The second kappa shape index (κ2) is 16.1. The zero-order chi connectivity index (χ0) is 33.9. The van der Waals surface area contributed by atoms with Crippen LogP contribution in [-0.2, 0) is 36.3 Å². The Kier molecular flexibility index (Phi) is 10.8. The fourth-order valence-corrected chi connectivity index (χ4v) is 17.9. The van der Waals surface area contributed by atoms with Gasteiger partial charge in [-0.05, 0) is 36.3 Å². The summed E-state index contributed by atoms with van der Waals surface area (Å²) in [5, 5.41) is 3.11. The van der Waals surface area contributed by atoms with Gasteiger partial charge < -0.3 is 0 Å². The van der Waals surface area contributed by atoms with Crippen LogP contribution in [0.3, 0.4) is 0 Å². The Labute approximate surface area is 301 Å². The summed E-state index contributed by atoms with van der Waals surface area (Å²) in [5.74, 6) is 0. The molecule has 0 N–H and O–H groups in total. The van der Waals surface area contributed by atoms with Crippen LogP contribution in [0.5, 0.6) is 0 Å². The van der Waals surface area contributed by atoms with E-state index in [9.17, 15) is 0 Å². The van der Waals surface area contributed by atoms with E-state index in [2.05, 4.69) is 206 Å². The van der Waals surface area contributed by atoms with Gasteiger partial charge in [0, 0.05) is 0 Å². The Hall–Kier alpha value is -5.03. The highest BCUT2D eigenvalue weighted by molar-refractivity contribution is 6.92. The lowest BCUT2D eigenvalue weighted by Crippen LogP contribution is -2.58. The highest BCUT2D eigenvalue weighted by Gasteiger charge is 2.39. The highest BCUT2D eigenvalue weighted by Crippen LogP contribution is 2.26. The van der Waals surface area contributed by atoms with Crippen molar-refractivity contribution >= 4 is 26.5 Å². The molecule has 0 aliphatic carbocycles. The van der Waals surface area contributed by atoms with Crippen LogP contribution in [0.15, 0.2) is 206 Å². The molecule has 0 aliphatic heterocycles. The minimum atomic E-state index is -2.18. The zero-order valence-electron chi connectivity index (χ0n) is 28.9. The van der Waals surface area contributed by atoms with Crippen LogP contribution in [0.4, 0.5) is 0 Å². The van der Waals surface area contributed by atoms with E-state index in [1.54, 1.807) is 10.4 Å². The first-order valence-corrected chi connectivity index (χ1v) is 23.3. The van der Waals surface area contributed by atoms with E-state index in [0.29, 0.717) is 0 Å². The molecule has 0 amide bonds. The molecule has 2 heteroatoms. The summed E-state index contributed by atoms with van der Waals surface area (Å²) < 4.78 is 0. The minimum absolute atomic E-state index is 1.11. The molecule has 7 rings (SSSR count). The molecule has 50 heavy (non-hydrogen) atoms. The molecule has 0 spiro atoms. The molecule has 0 heterocycles. The van der Waals surface area contributed by atoms with Gasteiger partial charge in [0.2, 0.25) is 0 Å². The maximum absolute atomic E-state index is 2.57. The molecule has 0 aromatic heterocycles. The topological polar surface area (TPSA) is 0 Å². The maximum Gasteiger partial charge on any atom is 0.0995 e. The van der Waals surface area contributed by atoms with Crippen LogP contribution >= 0.6 is 0 Å². The molecule has 7 aromatic carbocycles. The summed E-state index contributed by atoms with van der Waals surface area (Å²) >= 11 is 0. The first kappa shape index (κ1) is 33.5. The first-order valence-electron chi connectivity index (χ1n) is 18.0. The summed E-state index contributed by atoms with van der Waals surface area (Å²) in [6.45, 7) is 0. The van der Waals surface area contributed by atoms with Crippen molar-refractivity contribution in [2.24, 2.45) is 0 Å². The van der Waals surface area contributed by atoms with Crippen molar-refractivity contribution < 1.29 is 0 Å². The Morgan fingerprint density at radius 2 is 0.360 bits per heavy atom. The van der Waals surface area contributed by atoms with Crippen molar-refractivity contribution in [1.29, 1.82) is 0 Å². The van der Waals surface area contributed by atoms with E-state index in [0.717, 1.165) is 36.3 Å². The van der Waals surface area contributed by atoms with Crippen LogP contribution in [0.25, 0.3) is 0 Å². The smallest absolute Gasteiger partial charge is 0.0631 e. The van der Waals surface area contributed by atoms with E-state index in [4.69, 9.17) is 0 Å². The predicted octanol–water partition coefficient (Wildman–Crippen LogP) is 9.69. The number of hydrogen-bond acceptors (Lipinski definition) is 0. The SMILES string of the molecule is c1ccc(C[Si](Cc2ccccc2)(Cc2ccccc2)c2ccc([Si](Cc3ccccc3)(Cc3ccccc3)Cc3ccccc3)cc2)cc1. The Morgan fingerprint density at radius 1 is 0.200 bits per heavy atom. The molecule has 7 aromatic rings. The van der Waals surface area contributed by atoms with Gasteiger partial charge in [0.15, 0.2) is 0 Å². The molecule has 0 aliphatic rings. The average molecular weight is 679 g/mol. The molecule has 0 radical (unpaired) electrons. The summed E-state index contributed by atoms with van der Waals surface area (Å²) in [6, 6.07) is 84.3. The quantitative estimate of drug-likeness (QED) is 0.101. The summed E-state index contributed by atoms with van der Waals surface area (Å²) in [5.41, 5.74) is 8.64. The van der Waals surface area contributed by atoms with Crippen LogP contribution in [0.2, 0.25) is 0 Å². The second-order valence-electron chi connectivity index (χ2n) is 14.1. The van der Waals surface area contributed by atoms with Gasteiger partial charge in [-0.15, -0.1) is 0 Å². The average Bonchev–Trinajstić information content (AvgIpc) is 3.17. The number of rotatable bonds is 14. The van der Waals surface area contributed by atoms with Crippen molar-refractivity contribution in [2.45, 2.75) is 36.3 Å². The van der Waals surface area contributed by atoms with E-state index >= 15 is 0 Å². The van der Waals surface area contributed by atoms with Crippen LogP contribution in [0, 0.1) is 0 Å². The predicted molar refractivity (Wildman–Crippen MR) is 218 cm³/mol. The van der Waals surface area contributed by atoms with Gasteiger partial charge in [0.1, 0.15) is 0 Å². The standard InChI is InChI=1S/C48H46Si2/c1-7-19-41(20-8-1)35-49(36-42-21-9-2-10-22-42,37-43-23-11-3-12-24-43)47-31-33-48(34-32-47)50(38-44-25-13-4-14-26-44,39-45-27-15-5-16-28-45)40-46-29-17-6-18-30-46/h1-34H,35-40H2. The van der Waals surface area contributed by atoms with Crippen molar-refractivity contribution in [3.8, 4) is 0 Å². The van der Waals surface area contributed by atoms with Crippen molar-refractivity contribution in [3.05, 3.63) is 240 Å². The first-order chi connectivity index (χ1) is 24.7.